The predicted octanol–water partition coefficient (Wildman–Crippen LogP) is 3.94. The van der Waals surface area contributed by atoms with E-state index in [-0.39, 0.29) is 30.1 Å². The number of carbonyl (C=O) groups is 2. The van der Waals surface area contributed by atoms with Crippen LogP contribution in [0.2, 0.25) is 0 Å². The minimum Gasteiger partial charge on any atom is -0.492 e. The summed E-state index contributed by atoms with van der Waals surface area (Å²) in [6.07, 6.45) is 1.59. The number of halogens is 1. The second-order valence-electron chi connectivity index (χ2n) is 5.05. The van der Waals surface area contributed by atoms with Crippen molar-refractivity contribution in [3.63, 3.8) is 0 Å². The molecule has 1 fully saturated rings. The maximum absolute atomic E-state index is 12.9. The second-order valence-corrected chi connectivity index (χ2v) is 6.04. The fourth-order valence-electron chi connectivity index (χ4n) is 2.17. The molecule has 1 aliphatic heterocycles. The first-order valence-corrected chi connectivity index (χ1v) is 8.14. The molecule has 0 unspecified atom stereocenters. The van der Waals surface area contributed by atoms with Crippen molar-refractivity contribution in [3.8, 4) is 5.75 Å². The van der Waals surface area contributed by atoms with Crippen molar-refractivity contribution in [2.75, 3.05) is 13.2 Å². The van der Waals surface area contributed by atoms with Gasteiger partial charge in [-0.25, -0.2) is 4.39 Å². The van der Waals surface area contributed by atoms with Crippen LogP contribution in [0, 0.1) is 5.82 Å². The summed E-state index contributed by atoms with van der Waals surface area (Å²) in [5, 5.41) is -0.329. The van der Waals surface area contributed by atoms with Crippen molar-refractivity contribution < 1.29 is 18.7 Å². The highest BCUT2D eigenvalue weighted by molar-refractivity contribution is 8.18. The number of amides is 2. The summed E-state index contributed by atoms with van der Waals surface area (Å²) >= 11 is 0.876. The molecule has 1 aliphatic rings. The van der Waals surface area contributed by atoms with Crippen LogP contribution >= 0.6 is 11.8 Å². The van der Waals surface area contributed by atoms with E-state index >= 15 is 0 Å². The summed E-state index contributed by atoms with van der Waals surface area (Å²) in [5.41, 5.74) is 0.669. The van der Waals surface area contributed by atoms with Gasteiger partial charge in [-0.15, -0.1) is 0 Å². The lowest BCUT2D eigenvalue weighted by atomic mass is 10.2. The van der Waals surface area contributed by atoms with E-state index in [4.69, 9.17) is 4.74 Å². The van der Waals surface area contributed by atoms with E-state index in [0.717, 1.165) is 16.7 Å². The summed E-state index contributed by atoms with van der Waals surface area (Å²) in [4.78, 5) is 25.8. The van der Waals surface area contributed by atoms with Crippen LogP contribution in [0.5, 0.6) is 5.75 Å². The first-order chi connectivity index (χ1) is 11.6. The average Bonchev–Trinajstić information content (AvgIpc) is 2.85. The van der Waals surface area contributed by atoms with Crippen LogP contribution in [-0.2, 0) is 4.79 Å². The van der Waals surface area contributed by atoms with E-state index in [1.165, 1.54) is 12.1 Å². The summed E-state index contributed by atoms with van der Waals surface area (Å²) in [7, 11) is 0. The summed E-state index contributed by atoms with van der Waals surface area (Å²) in [6, 6.07) is 14.9. The Bertz CT molecular complexity index is 775. The highest BCUT2D eigenvalue weighted by Crippen LogP contribution is 2.32. The van der Waals surface area contributed by atoms with Crippen molar-refractivity contribution in [3.05, 3.63) is 70.9 Å². The Morgan fingerprint density at radius 3 is 2.46 bits per heavy atom. The van der Waals surface area contributed by atoms with Gasteiger partial charge in [0.25, 0.3) is 11.1 Å². The van der Waals surface area contributed by atoms with Crippen LogP contribution in [-0.4, -0.2) is 29.2 Å². The quantitative estimate of drug-likeness (QED) is 0.772. The van der Waals surface area contributed by atoms with Gasteiger partial charge in [-0.05, 0) is 47.7 Å². The van der Waals surface area contributed by atoms with Gasteiger partial charge in [0.05, 0.1) is 11.4 Å². The van der Waals surface area contributed by atoms with Crippen LogP contribution in [0.25, 0.3) is 6.08 Å². The lowest BCUT2D eigenvalue weighted by Gasteiger charge is -2.13. The summed E-state index contributed by atoms with van der Waals surface area (Å²) in [6.45, 7) is 0.409. The number of ether oxygens (including phenoxy) is 1. The van der Waals surface area contributed by atoms with E-state index in [1.807, 2.05) is 30.3 Å². The standard InChI is InChI=1S/C18H14FNO3S/c19-14-8-6-13(7-9-14)12-16-17(21)20(18(22)24-16)10-11-23-15-4-2-1-3-5-15/h1-9,12H,10-11H2/b16-12-. The Balaban J connectivity index is 1.62. The topological polar surface area (TPSA) is 46.6 Å². The smallest absolute Gasteiger partial charge is 0.293 e. The molecule has 0 bridgehead atoms. The fraction of sp³-hybridized carbons (Fsp3) is 0.111. The molecule has 24 heavy (non-hydrogen) atoms. The van der Waals surface area contributed by atoms with Crippen molar-refractivity contribution in [2.45, 2.75) is 0 Å². The zero-order valence-electron chi connectivity index (χ0n) is 12.6. The third-order valence-corrected chi connectivity index (χ3v) is 4.28. The molecule has 2 aromatic carbocycles. The van der Waals surface area contributed by atoms with Crippen LogP contribution in [0.4, 0.5) is 9.18 Å². The highest BCUT2D eigenvalue weighted by Gasteiger charge is 2.34. The van der Waals surface area contributed by atoms with Crippen LogP contribution in [0.15, 0.2) is 59.5 Å². The fourth-order valence-corrected chi connectivity index (χ4v) is 3.04. The number of hydrogen-bond donors (Lipinski definition) is 0. The molecule has 0 aliphatic carbocycles. The zero-order chi connectivity index (χ0) is 16.9. The molecule has 2 aromatic rings. The molecule has 2 amide bonds. The molecule has 122 valence electrons. The minimum atomic E-state index is -0.356. The van der Waals surface area contributed by atoms with Crippen molar-refractivity contribution in [1.29, 1.82) is 0 Å². The van der Waals surface area contributed by atoms with Crippen LogP contribution in [0.3, 0.4) is 0 Å². The Hall–Kier alpha value is -2.60. The van der Waals surface area contributed by atoms with Crippen LogP contribution < -0.4 is 4.74 Å². The van der Waals surface area contributed by atoms with Gasteiger partial charge in [-0.3, -0.25) is 14.5 Å². The van der Waals surface area contributed by atoms with E-state index in [2.05, 4.69) is 0 Å². The molecule has 0 saturated carbocycles. The average molecular weight is 343 g/mol. The number of nitrogens with zero attached hydrogens (tertiary/aromatic N) is 1. The Kier molecular flexibility index (Phi) is 4.96. The first kappa shape index (κ1) is 16.3. The van der Waals surface area contributed by atoms with Crippen molar-refractivity contribution >= 4 is 29.0 Å². The zero-order valence-corrected chi connectivity index (χ0v) is 13.5. The maximum atomic E-state index is 12.9. The van der Waals surface area contributed by atoms with Gasteiger partial charge >= 0.3 is 0 Å². The first-order valence-electron chi connectivity index (χ1n) is 7.32. The number of carbonyl (C=O) groups excluding carboxylic acids is 2. The molecule has 1 heterocycles. The summed E-state index contributed by atoms with van der Waals surface area (Å²) < 4.78 is 18.4. The highest BCUT2D eigenvalue weighted by atomic mass is 32.2. The number of hydrogen-bond acceptors (Lipinski definition) is 4. The van der Waals surface area contributed by atoms with Crippen molar-refractivity contribution in [1.82, 2.24) is 4.90 Å². The molecular weight excluding hydrogens is 329 g/mol. The Morgan fingerprint density at radius 2 is 1.75 bits per heavy atom. The van der Waals surface area contributed by atoms with Crippen molar-refractivity contribution in [2.24, 2.45) is 0 Å². The van der Waals surface area contributed by atoms with Gasteiger partial charge in [0.2, 0.25) is 0 Å². The number of imide groups is 1. The van der Waals surface area contributed by atoms with Crippen LogP contribution in [0.1, 0.15) is 5.56 Å². The van der Waals surface area contributed by atoms with Gasteiger partial charge in [0.15, 0.2) is 0 Å². The maximum Gasteiger partial charge on any atom is 0.293 e. The van der Waals surface area contributed by atoms with Gasteiger partial charge < -0.3 is 4.74 Å². The number of rotatable bonds is 5. The molecule has 4 nitrogen and oxygen atoms in total. The monoisotopic (exact) mass is 343 g/mol. The normalized spacial score (nSPS) is 16.0. The van der Waals surface area contributed by atoms with Gasteiger partial charge in [0.1, 0.15) is 18.2 Å². The molecule has 0 N–H and O–H groups in total. The number of benzene rings is 2. The largest absolute Gasteiger partial charge is 0.492 e. The Labute approximate surface area is 142 Å². The van der Waals surface area contributed by atoms with Gasteiger partial charge in [0, 0.05) is 0 Å². The molecule has 6 heteroatoms. The molecule has 3 rings (SSSR count). The molecule has 0 atom stereocenters. The lowest BCUT2D eigenvalue weighted by Crippen LogP contribution is -2.32. The number of para-hydroxylation sites is 1. The molecule has 1 saturated heterocycles. The SMILES string of the molecule is O=C1S/C(=C\c2ccc(F)cc2)C(=O)N1CCOc1ccccc1. The van der Waals surface area contributed by atoms with Gasteiger partial charge in [-0.2, -0.15) is 0 Å². The third-order valence-electron chi connectivity index (χ3n) is 3.37. The Morgan fingerprint density at radius 1 is 1.04 bits per heavy atom. The second kappa shape index (κ2) is 7.31. The molecule has 0 aromatic heterocycles. The van der Waals surface area contributed by atoms with E-state index in [0.29, 0.717) is 16.2 Å². The van der Waals surface area contributed by atoms with E-state index in [1.54, 1.807) is 18.2 Å². The van der Waals surface area contributed by atoms with E-state index in [9.17, 15) is 14.0 Å². The third kappa shape index (κ3) is 3.83. The predicted molar refractivity (Wildman–Crippen MR) is 91.0 cm³/mol. The minimum absolute atomic E-state index is 0.181. The molecule has 0 radical (unpaired) electrons. The molecular formula is C18H14FNO3S. The summed E-state index contributed by atoms with van der Waals surface area (Å²) in [5.74, 6) is -0.0179. The van der Waals surface area contributed by atoms with Gasteiger partial charge in [-0.1, -0.05) is 30.3 Å². The number of thioether (sulfide) groups is 1. The lowest BCUT2D eigenvalue weighted by molar-refractivity contribution is -0.123. The molecule has 0 spiro atoms. The van der Waals surface area contributed by atoms with E-state index < -0.39 is 0 Å².